The zero-order valence-corrected chi connectivity index (χ0v) is 12.1. The molecule has 2 aromatic rings. The maximum atomic E-state index is 10.9. The van der Waals surface area contributed by atoms with E-state index in [2.05, 4.69) is 11.8 Å². The molecule has 2 rings (SSSR count). The molecular weight excluding hydrogens is 284 g/mol. The third-order valence-electron chi connectivity index (χ3n) is 2.75. The lowest BCUT2D eigenvalue weighted by molar-refractivity contribution is -0.387. The number of benzene rings is 2. The molecule has 0 saturated carbocycles. The highest BCUT2D eigenvalue weighted by Crippen LogP contribution is 2.31. The van der Waals surface area contributed by atoms with Crippen LogP contribution >= 0.6 is 11.8 Å². The number of nitro groups is 1. The van der Waals surface area contributed by atoms with Crippen LogP contribution in [-0.2, 0) is 5.75 Å². The Morgan fingerprint density at radius 3 is 2.52 bits per heavy atom. The van der Waals surface area contributed by atoms with Crippen molar-refractivity contribution in [2.75, 3.05) is 6.54 Å². The highest BCUT2D eigenvalue weighted by Gasteiger charge is 2.12. The van der Waals surface area contributed by atoms with E-state index in [1.807, 2.05) is 24.3 Å². The van der Waals surface area contributed by atoms with E-state index in [4.69, 9.17) is 5.73 Å². The van der Waals surface area contributed by atoms with Crippen LogP contribution in [0.3, 0.4) is 0 Å². The number of nitrogens with zero attached hydrogens (tertiary/aromatic N) is 1. The van der Waals surface area contributed by atoms with Gasteiger partial charge >= 0.3 is 0 Å². The second-order valence-electron chi connectivity index (χ2n) is 4.22. The van der Waals surface area contributed by atoms with Crippen molar-refractivity contribution in [3.8, 4) is 11.8 Å². The summed E-state index contributed by atoms with van der Waals surface area (Å²) in [5.74, 6) is 6.43. The average molecular weight is 298 g/mol. The molecule has 0 atom stereocenters. The van der Waals surface area contributed by atoms with Crippen molar-refractivity contribution in [2.45, 2.75) is 10.6 Å². The topological polar surface area (TPSA) is 69.2 Å². The van der Waals surface area contributed by atoms with Crippen molar-refractivity contribution >= 4 is 17.4 Å². The van der Waals surface area contributed by atoms with E-state index in [0.717, 1.165) is 11.1 Å². The number of hydrogen-bond donors (Lipinski definition) is 1. The van der Waals surface area contributed by atoms with Crippen molar-refractivity contribution in [1.29, 1.82) is 0 Å². The van der Waals surface area contributed by atoms with E-state index in [-0.39, 0.29) is 10.6 Å². The van der Waals surface area contributed by atoms with Gasteiger partial charge in [-0.2, -0.15) is 0 Å². The Balaban J connectivity index is 2.05. The molecule has 0 saturated heterocycles. The van der Waals surface area contributed by atoms with Crippen molar-refractivity contribution in [3.63, 3.8) is 0 Å². The molecule has 0 aromatic heterocycles. The van der Waals surface area contributed by atoms with Gasteiger partial charge in [-0.25, -0.2) is 0 Å². The maximum Gasteiger partial charge on any atom is 0.282 e. The molecule has 106 valence electrons. The van der Waals surface area contributed by atoms with Gasteiger partial charge in [-0.05, 0) is 23.8 Å². The summed E-state index contributed by atoms with van der Waals surface area (Å²) in [5.41, 5.74) is 7.48. The lowest BCUT2D eigenvalue weighted by Crippen LogP contribution is -1.93. The molecule has 2 N–H and O–H groups in total. The van der Waals surface area contributed by atoms with Gasteiger partial charge in [-0.15, -0.1) is 11.8 Å². The van der Waals surface area contributed by atoms with E-state index in [1.165, 1.54) is 17.8 Å². The molecule has 0 bridgehead atoms. The molecule has 0 fully saturated rings. The van der Waals surface area contributed by atoms with E-state index in [9.17, 15) is 10.1 Å². The van der Waals surface area contributed by atoms with Gasteiger partial charge in [0.15, 0.2) is 0 Å². The number of para-hydroxylation sites is 1. The van der Waals surface area contributed by atoms with Crippen LogP contribution < -0.4 is 5.73 Å². The molecule has 0 heterocycles. The molecule has 4 nitrogen and oxygen atoms in total. The van der Waals surface area contributed by atoms with Crippen LogP contribution in [0.4, 0.5) is 5.69 Å². The van der Waals surface area contributed by atoms with Crippen molar-refractivity contribution in [3.05, 3.63) is 69.8 Å². The van der Waals surface area contributed by atoms with E-state index in [1.54, 1.807) is 18.2 Å². The van der Waals surface area contributed by atoms with E-state index < -0.39 is 0 Å². The standard InChI is InChI=1S/C16H14N2O2S/c17-11-3-4-13-7-9-14(10-8-13)12-21-16-6-2-1-5-15(16)18(19)20/h1-2,5-10H,11-12,17H2. The summed E-state index contributed by atoms with van der Waals surface area (Å²) < 4.78 is 0. The molecule has 0 aliphatic rings. The van der Waals surface area contributed by atoms with Gasteiger partial charge in [0.05, 0.1) is 16.4 Å². The van der Waals surface area contributed by atoms with Crippen molar-refractivity contribution in [2.24, 2.45) is 5.73 Å². The number of rotatable bonds is 4. The van der Waals surface area contributed by atoms with Gasteiger partial charge in [-0.1, -0.05) is 36.1 Å². The molecule has 21 heavy (non-hydrogen) atoms. The van der Waals surface area contributed by atoms with Crippen molar-refractivity contribution < 1.29 is 4.92 Å². The minimum absolute atomic E-state index is 0.146. The molecule has 0 aliphatic heterocycles. The average Bonchev–Trinajstić information content (AvgIpc) is 2.52. The Morgan fingerprint density at radius 2 is 1.86 bits per heavy atom. The quantitative estimate of drug-likeness (QED) is 0.407. The second kappa shape index (κ2) is 7.48. The van der Waals surface area contributed by atoms with Gasteiger partial charge in [0.25, 0.3) is 5.69 Å². The van der Waals surface area contributed by atoms with Crippen LogP contribution in [0.5, 0.6) is 0 Å². The lowest BCUT2D eigenvalue weighted by atomic mass is 10.1. The first-order valence-corrected chi connectivity index (χ1v) is 7.33. The molecule has 2 aromatic carbocycles. The summed E-state index contributed by atoms with van der Waals surface area (Å²) in [4.78, 5) is 11.3. The number of thioether (sulfide) groups is 1. The molecule has 0 aliphatic carbocycles. The molecular formula is C16H14N2O2S. The minimum atomic E-state index is -0.353. The summed E-state index contributed by atoms with van der Waals surface area (Å²) >= 11 is 1.45. The Labute approximate surface area is 127 Å². The van der Waals surface area contributed by atoms with Crippen LogP contribution in [-0.4, -0.2) is 11.5 Å². The van der Waals surface area contributed by atoms with Gasteiger partial charge < -0.3 is 5.73 Å². The number of hydrogen-bond acceptors (Lipinski definition) is 4. The highest BCUT2D eigenvalue weighted by atomic mass is 32.2. The van der Waals surface area contributed by atoms with Gasteiger partial charge in [0, 0.05) is 17.4 Å². The third-order valence-corrected chi connectivity index (χ3v) is 3.88. The molecule has 0 radical (unpaired) electrons. The molecule has 0 spiro atoms. The third kappa shape index (κ3) is 4.35. The Morgan fingerprint density at radius 1 is 1.14 bits per heavy atom. The molecule has 0 amide bonds. The smallest absolute Gasteiger partial charge is 0.282 e. The number of nitro benzene ring substituents is 1. The summed E-state index contributed by atoms with van der Waals surface area (Å²) in [6.07, 6.45) is 0. The van der Waals surface area contributed by atoms with Gasteiger partial charge in [0.2, 0.25) is 0 Å². The highest BCUT2D eigenvalue weighted by molar-refractivity contribution is 7.98. The second-order valence-corrected chi connectivity index (χ2v) is 5.23. The summed E-state index contributed by atoms with van der Waals surface area (Å²) in [7, 11) is 0. The summed E-state index contributed by atoms with van der Waals surface area (Å²) in [6.45, 7) is 0.343. The van der Waals surface area contributed by atoms with Crippen LogP contribution in [0.25, 0.3) is 0 Å². The first kappa shape index (κ1) is 15.1. The summed E-state index contributed by atoms with van der Waals surface area (Å²) in [6, 6.07) is 14.6. The molecule has 5 heteroatoms. The van der Waals surface area contributed by atoms with Crippen LogP contribution in [0, 0.1) is 22.0 Å². The Kier molecular flexibility index (Phi) is 5.38. The number of nitrogens with two attached hydrogens (primary N) is 1. The van der Waals surface area contributed by atoms with Crippen molar-refractivity contribution in [1.82, 2.24) is 0 Å². The predicted octanol–water partition coefficient (Wildman–Crippen LogP) is 3.20. The monoisotopic (exact) mass is 298 g/mol. The lowest BCUT2D eigenvalue weighted by Gasteiger charge is -2.03. The first-order valence-electron chi connectivity index (χ1n) is 6.35. The Hall–Kier alpha value is -2.29. The zero-order valence-electron chi connectivity index (χ0n) is 11.3. The van der Waals surface area contributed by atoms with Crippen LogP contribution in [0.1, 0.15) is 11.1 Å². The van der Waals surface area contributed by atoms with Gasteiger partial charge in [-0.3, -0.25) is 10.1 Å². The largest absolute Gasteiger partial charge is 0.320 e. The maximum absolute atomic E-state index is 10.9. The Bertz CT molecular complexity index is 687. The fourth-order valence-corrected chi connectivity index (χ4v) is 2.71. The van der Waals surface area contributed by atoms with Gasteiger partial charge in [0.1, 0.15) is 0 Å². The van der Waals surface area contributed by atoms with E-state index >= 15 is 0 Å². The normalized spacial score (nSPS) is 9.76. The van der Waals surface area contributed by atoms with Crippen LogP contribution in [0.2, 0.25) is 0 Å². The zero-order chi connectivity index (χ0) is 15.1. The summed E-state index contributed by atoms with van der Waals surface area (Å²) in [5, 5.41) is 10.9. The van der Waals surface area contributed by atoms with Crippen LogP contribution in [0.15, 0.2) is 53.4 Å². The first-order chi connectivity index (χ1) is 10.2. The van der Waals surface area contributed by atoms with E-state index in [0.29, 0.717) is 17.2 Å². The fourth-order valence-electron chi connectivity index (χ4n) is 1.73. The fraction of sp³-hybridized carbons (Fsp3) is 0.125. The molecule has 0 unspecified atom stereocenters. The minimum Gasteiger partial charge on any atom is -0.320 e. The SMILES string of the molecule is NCC#Cc1ccc(CSc2ccccc2[N+](=O)[O-])cc1. The predicted molar refractivity (Wildman–Crippen MR) is 85.0 cm³/mol.